The highest BCUT2D eigenvalue weighted by molar-refractivity contribution is 5.86. The lowest BCUT2D eigenvalue weighted by Crippen LogP contribution is -2.22. The minimum atomic E-state index is -0.187. The maximum atomic E-state index is 12.1. The second-order valence-electron chi connectivity index (χ2n) is 8.53. The fourth-order valence-electron chi connectivity index (χ4n) is 4.41. The van der Waals surface area contributed by atoms with E-state index in [9.17, 15) is 4.79 Å². The quantitative estimate of drug-likeness (QED) is 0.425. The molecule has 2 atom stereocenters. The van der Waals surface area contributed by atoms with Crippen LogP contribution in [-0.2, 0) is 13.6 Å². The van der Waals surface area contributed by atoms with Crippen molar-refractivity contribution in [3.63, 3.8) is 0 Å². The van der Waals surface area contributed by atoms with Crippen molar-refractivity contribution in [2.75, 3.05) is 0 Å². The standard InChI is InChI=1S/C15H13N.C9H8N6O2/c1-2-11(12-6-13-8-14(13)7-12)5-15-9-16-4-3-10(1)15;1-14-4-11-8-7(14)9(16)15(5-12-8)2-6-10-3-13-17-6/h1-6,9,13-14H,7-8H2;3-5H,2H2,1H3/t13-,14+;/m1./s1. The minimum absolute atomic E-state index is 0.187. The molecule has 0 spiro atoms. The first-order valence-corrected chi connectivity index (χ1v) is 10.8. The number of allylic oxidation sites excluding steroid dienone is 2. The van der Waals surface area contributed by atoms with E-state index in [4.69, 9.17) is 4.52 Å². The molecule has 7 rings (SSSR count). The number of aromatic nitrogens is 7. The van der Waals surface area contributed by atoms with Gasteiger partial charge in [-0.3, -0.25) is 14.3 Å². The lowest BCUT2D eigenvalue weighted by molar-refractivity contribution is 0.368. The molecule has 1 fully saturated rings. The van der Waals surface area contributed by atoms with Crippen LogP contribution in [0.15, 0.2) is 71.0 Å². The number of benzene rings is 1. The first-order valence-electron chi connectivity index (χ1n) is 10.8. The Kier molecular flexibility index (Phi) is 4.60. The summed E-state index contributed by atoms with van der Waals surface area (Å²) < 4.78 is 7.88. The number of pyridine rings is 1. The molecule has 0 radical (unpaired) electrons. The number of fused-ring (bicyclic) bond motifs is 3. The monoisotopic (exact) mass is 439 g/mol. The largest absolute Gasteiger partial charge is 0.338 e. The molecular formula is C24H21N7O2. The fraction of sp³-hybridized carbons (Fsp3) is 0.250. The Morgan fingerprint density at radius 3 is 2.85 bits per heavy atom. The molecule has 0 N–H and O–H groups in total. The summed E-state index contributed by atoms with van der Waals surface area (Å²) in [5.74, 6) is 2.23. The molecule has 2 aliphatic rings. The number of hydrogen-bond acceptors (Lipinski definition) is 7. The smallest absolute Gasteiger partial charge is 0.280 e. The van der Waals surface area contributed by atoms with Crippen molar-refractivity contribution in [3.05, 3.63) is 83.5 Å². The van der Waals surface area contributed by atoms with Gasteiger partial charge in [0.2, 0.25) is 5.89 Å². The van der Waals surface area contributed by atoms with Gasteiger partial charge in [0.15, 0.2) is 17.5 Å². The van der Waals surface area contributed by atoms with Crippen LogP contribution in [0.3, 0.4) is 0 Å². The van der Waals surface area contributed by atoms with E-state index in [2.05, 4.69) is 55.4 Å². The zero-order valence-corrected chi connectivity index (χ0v) is 18.0. The Balaban J connectivity index is 0.000000125. The molecule has 0 saturated heterocycles. The molecule has 1 aromatic carbocycles. The molecular weight excluding hydrogens is 418 g/mol. The topological polar surface area (TPSA) is 105 Å². The molecule has 0 unspecified atom stereocenters. The summed E-state index contributed by atoms with van der Waals surface area (Å²) in [5, 5.41) is 6.01. The number of aryl methyl sites for hydroxylation is 1. The van der Waals surface area contributed by atoms with Crippen molar-refractivity contribution in [2.45, 2.75) is 19.4 Å². The van der Waals surface area contributed by atoms with E-state index in [1.54, 1.807) is 23.5 Å². The number of nitrogens with zero attached hydrogens (tertiary/aromatic N) is 7. The summed E-state index contributed by atoms with van der Waals surface area (Å²) in [5.41, 5.74) is 3.64. The molecule has 9 heteroatoms. The normalized spacial score (nSPS) is 18.6. The number of imidazole rings is 1. The lowest BCUT2D eigenvalue weighted by Gasteiger charge is -2.05. The van der Waals surface area contributed by atoms with E-state index in [1.807, 2.05) is 12.4 Å². The molecule has 4 heterocycles. The van der Waals surface area contributed by atoms with E-state index in [1.165, 1.54) is 46.4 Å². The van der Waals surface area contributed by atoms with Crippen LogP contribution >= 0.6 is 0 Å². The van der Waals surface area contributed by atoms with Crippen LogP contribution < -0.4 is 5.56 Å². The molecule has 9 nitrogen and oxygen atoms in total. The molecule has 2 aliphatic carbocycles. The van der Waals surface area contributed by atoms with Gasteiger partial charge in [0.1, 0.15) is 12.9 Å². The molecule has 164 valence electrons. The molecule has 1 saturated carbocycles. The van der Waals surface area contributed by atoms with Gasteiger partial charge < -0.3 is 9.09 Å². The van der Waals surface area contributed by atoms with E-state index < -0.39 is 0 Å². The van der Waals surface area contributed by atoms with Gasteiger partial charge in [0, 0.05) is 24.8 Å². The number of rotatable bonds is 3. The predicted molar refractivity (Wildman–Crippen MR) is 122 cm³/mol. The molecule has 0 aliphatic heterocycles. The lowest BCUT2D eigenvalue weighted by atomic mass is 10.0. The van der Waals surface area contributed by atoms with Gasteiger partial charge in [0.05, 0.1) is 6.33 Å². The first kappa shape index (κ1) is 19.5. The van der Waals surface area contributed by atoms with Crippen molar-refractivity contribution in [3.8, 4) is 0 Å². The van der Waals surface area contributed by atoms with Crippen LogP contribution in [0.2, 0.25) is 0 Å². The molecule has 5 aromatic rings. The van der Waals surface area contributed by atoms with E-state index in [0.29, 0.717) is 17.1 Å². The van der Waals surface area contributed by atoms with Crippen LogP contribution in [0.5, 0.6) is 0 Å². The molecule has 33 heavy (non-hydrogen) atoms. The van der Waals surface area contributed by atoms with Crippen molar-refractivity contribution >= 4 is 27.5 Å². The second kappa shape index (κ2) is 7.77. The fourth-order valence-corrected chi connectivity index (χ4v) is 4.41. The summed E-state index contributed by atoms with van der Waals surface area (Å²) >= 11 is 0. The van der Waals surface area contributed by atoms with Crippen molar-refractivity contribution in [1.29, 1.82) is 0 Å². The van der Waals surface area contributed by atoms with Gasteiger partial charge in [-0.05, 0) is 53.3 Å². The second-order valence-corrected chi connectivity index (χ2v) is 8.53. The average Bonchev–Trinajstić information content (AvgIpc) is 3.22. The van der Waals surface area contributed by atoms with Crippen molar-refractivity contribution in [2.24, 2.45) is 18.9 Å². The van der Waals surface area contributed by atoms with Crippen LogP contribution in [0.4, 0.5) is 0 Å². The number of hydrogen-bond donors (Lipinski definition) is 0. The van der Waals surface area contributed by atoms with Crippen molar-refractivity contribution < 1.29 is 4.52 Å². The third-order valence-corrected chi connectivity index (χ3v) is 6.30. The van der Waals surface area contributed by atoms with Gasteiger partial charge in [-0.25, -0.2) is 9.97 Å². The van der Waals surface area contributed by atoms with Gasteiger partial charge >= 0.3 is 0 Å². The summed E-state index contributed by atoms with van der Waals surface area (Å²) in [4.78, 5) is 28.2. The summed E-state index contributed by atoms with van der Waals surface area (Å²) in [6, 6.07) is 8.80. The highest BCUT2D eigenvalue weighted by atomic mass is 16.5. The Morgan fingerprint density at radius 1 is 1.12 bits per heavy atom. The summed E-state index contributed by atoms with van der Waals surface area (Å²) in [6.07, 6.45) is 13.3. The van der Waals surface area contributed by atoms with Crippen LogP contribution in [0, 0.1) is 11.8 Å². The SMILES string of the molecule is C1=C(c2ccc3ccncc3c2)C[C@H]2C[C@@H]12.Cn1cnc2ncn(Cc3ncno3)c(=O)c21. The highest BCUT2D eigenvalue weighted by Gasteiger charge is 2.40. The van der Waals surface area contributed by atoms with Gasteiger partial charge in [-0.1, -0.05) is 23.4 Å². The first-order chi connectivity index (χ1) is 16.2. The van der Waals surface area contributed by atoms with Crippen LogP contribution in [0.1, 0.15) is 24.3 Å². The zero-order chi connectivity index (χ0) is 22.4. The van der Waals surface area contributed by atoms with E-state index >= 15 is 0 Å². The van der Waals surface area contributed by atoms with Gasteiger partial charge in [-0.2, -0.15) is 4.98 Å². The Labute approximate surface area is 188 Å². The average molecular weight is 439 g/mol. The third-order valence-electron chi connectivity index (χ3n) is 6.30. The van der Waals surface area contributed by atoms with Crippen molar-refractivity contribution in [1.82, 2.24) is 34.2 Å². The maximum absolute atomic E-state index is 12.1. The molecule has 4 aromatic heterocycles. The molecule has 0 amide bonds. The minimum Gasteiger partial charge on any atom is -0.338 e. The zero-order valence-electron chi connectivity index (χ0n) is 18.0. The van der Waals surface area contributed by atoms with Gasteiger partial charge in [-0.15, -0.1) is 0 Å². The molecule has 0 bridgehead atoms. The van der Waals surface area contributed by atoms with E-state index in [0.717, 1.165) is 11.8 Å². The Bertz CT molecular complexity index is 1550. The predicted octanol–water partition coefficient (Wildman–Crippen LogP) is 3.22. The maximum Gasteiger partial charge on any atom is 0.280 e. The van der Waals surface area contributed by atoms with E-state index in [-0.39, 0.29) is 12.1 Å². The Hall–Kier alpha value is -4.14. The van der Waals surface area contributed by atoms with Crippen LogP contribution in [0.25, 0.3) is 27.5 Å². The van der Waals surface area contributed by atoms with Gasteiger partial charge in [0.25, 0.3) is 5.56 Å². The Morgan fingerprint density at radius 2 is 2.03 bits per heavy atom. The third kappa shape index (κ3) is 3.71. The highest BCUT2D eigenvalue weighted by Crippen LogP contribution is 2.52. The summed E-state index contributed by atoms with van der Waals surface area (Å²) in [6.45, 7) is 0.201. The summed E-state index contributed by atoms with van der Waals surface area (Å²) in [7, 11) is 1.75. The van der Waals surface area contributed by atoms with Crippen LogP contribution in [-0.4, -0.2) is 34.2 Å².